The van der Waals surface area contributed by atoms with E-state index >= 15 is 0 Å². The molecule has 1 heterocycles. The second kappa shape index (κ2) is 7.83. The van der Waals surface area contributed by atoms with E-state index in [0.29, 0.717) is 12.1 Å². The molecule has 4 rings (SSSR count). The maximum absolute atomic E-state index is 12.5. The highest BCUT2D eigenvalue weighted by Crippen LogP contribution is 2.38. The van der Waals surface area contributed by atoms with Crippen molar-refractivity contribution >= 4 is 17.4 Å². The van der Waals surface area contributed by atoms with Crippen molar-refractivity contribution in [3.63, 3.8) is 0 Å². The number of non-ortho nitro benzene ring substituents is 1. The first kappa shape index (κ1) is 20.5. The third-order valence-corrected chi connectivity index (χ3v) is 5.44. The lowest BCUT2D eigenvalue weighted by Gasteiger charge is -2.31. The number of nitrogens with zero attached hydrogens (tertiary/aromatic N) is 3. The fraction of sp³-hybridized carbons (Fsp3) is 0.250. The Bertz CT molecular complexity index is 1190. The van der Waals surface area contributed by atoms with Crippen LogP contribution in [0.3, 0.4) is 0 Å². The minimum absolute atomic E-state index is 0.0684. The molecule has 0 unspecified atom stereocenters. The van der Waals surface area contributed by atoms with E-state index in [9.17, 15) is 14.9 Å². The van der Waals surface area contributed by atoms with Crippen LogP contribution in [0.25, 0.3) is 5.69 Å². The summed E-state index contributed by atoms with van der Waals surface area (Å²) in [6, 6.07) is 17.6. The number of nitro benzene ring substituents is 1. The zero-order chi connectivity index (χ0) is 22.2. The summed E-state index contributed by atoms with van der Waals surface area (Å²) >= 11 is 0. The molecule has 1 aliphatic carbocycles. The molecule has 0 N–H and O–H groups in total. The molecule has 0 saturated carbocycles. The summed E-state index contributed by atoms with van der Waals surface area (Å²) in [4.78, 5) is 28.1. The van der Waals surface area contributed by atoms with E-state index < -0.39 is 10.9 Å². The number of aromatic nitrogens is 1. The Morgan fingerprint density at radius 3 is 2.55 bits per heavy atom. The number of carbonyl (C=O) groups excluding carboxylic acids is 1. The number of rotatable bonds is 4. The van der Waals surface area contributed by atoms with Gasteiger partial charge >= 0.3 is 5.97 Å². The van der Waals surface area contributed by atoms with E-state index in [1.165, 1.54) is 24.3 Å². The van der Waals surface area contributed by atoms with Crippen molar-refractivity contribution in [1.82, 2.24) is 4.57 Å². The fourth-order valence-corrected chi connectivity index (χ4v) is 4.09. The van der Waals surface area contributed by atoms with E-state index in [0.717, 1.165) is 29.1 Å². The van der Waals surface area contributed by atoms with Gasteiger partial charge in [0.25, 0.3) is 5.69 Å². The number of hydrogen-bond acceptors (Lipinski definition) is 5. The Morgan fingerprint density at radius 2 is 1.84 bits per heavy atom. The predicted octanol–water partition coefficient (Wildman–Crippen LogP) is 5.23. The zero-order valence-corrected chi connectivity index (χ0v) is 17.7. The van der Waals surface area contributed by atoms with Crippen molar-refractivity contribution in [2.75, 3.05) is 0 Å². The molecule has 158 valence electrons. The Balaban J connectivity index is 1.69. The number of hydrogen-bond donors (Lipinski definition) is 0. The Kier molecular flexibility index (Phi) is 5.19. The smallest absolute Gasteiger partial charge is 0.318 e. The van der Waals surface area contributed by atoms with Crippen LogP contribution in [0.15, 0.2) is 65.8 Å². The van der Waals surface area contributed by atoms with E-state index in [4.69, 9.17) is 4.84 Å². The second-order valence-electron chi connectivity index (χ2n) is 8.56. The first-order valence-corrected chi connectivity index (χ1v) is 10.0. The molecular formula is C24H23N3O4. The van der Waals surface area contributed by atoms with Crippen molar-refractivity contribution < 1.29 is 14.6 Å². The van der Waals surface area contributed by atoms with Crippen LogP contribution in [0, 0.1) is 22.5 Å². The molecule has 1 aliphatic rings. The largest absolute Gasteiger partial charge is 0.365 e. The van der Waals surface area contributed by atoms with Gasteiger partial charge in [0.05, 0.1) is 16.2 Å². The van der Waals surface area contributed by atoms with Crippen LogP contribution in [0.1, 0.15) is 47.6 Å². The van der Waals surface area contributed by atoms with Gasteiger partial charge in [0.15, 0.2) is 0 Å². The van der Waals surface area contributed by atoms with E-state index in [1.54, 1.807) is 0 Å². The summed E-state index contributed by atoms with van der Waals surface area (Å²) in [5, 5.41) is 15.2. The Labute approximate surface area is 180 Å². The summed E-state index contributed by atoms with van der Waals surface area (Å²) in [5.41, 5.74) is 4.80. The Morgan fingerprint density at radius 1 is 1.10 bits per heavy atom. The lowest BCUT2D eigenvalue weighted by molar-refractivity contribution is -0.384. The summed E-state index contributed by atoms with van der Waals surface area (Å²) < 4.78 is 2.22. The number of benzene rings is 2. The van der Waals surface area contributed by atoms with Crippen molar-refractivity contribution in [2.24, 2.45) is 10.6 Å². The minimum Gasteiger partial charge on any atom is -0.318 e. The average molecular weight is 417 g/mol. The van der Waals surface area contributed by atoms with E-state index in [2.05, 4.69) is 41.8 Å². The van der Waals surface area contributed by atoms with Gasteiger partial charge in [-0.3, -0.25) is 10.1 Å². The van der Waals surface area contributed by atoms with Crippen LogP contribution in [-0.2, 0) is 11.3 Å². The number of aryl methyl sites for hydroxylation is 1. The SMILES string of the molecule is Cc1cc2c(n1-c1ccccc1)CC(C)(C)C/C2=N\OC(=O)c1cccc([N+](=O)[O-])c1. The normalized spacial score (nSPS) is 16.0. The summed E-state index contributed by atoms with van der Waals surface area (Å²) in [6.07, 6.45) is 1.52. The van der Waals surface area contributed by atoms with Gasteiger partial charge < -0.3 is 9.40 Å². The molecule has 3 aromatic rings. The molecular weight excluding hydrogens is 394 g/mol. The third kappa shape index (κ3) is 4.12. The molecule has 0 radical (unpaired) electrons. The number of fused-ring (bicyclic) bond motifs is 1. The lowest BCUT2D eigenvalue weighted by atomic mass is 9.76. The van der Waals surface area contributed by atoms with Gasteiger partial charge in [-0.1, -0.05) is 43.3 Å². The second-order valence-corrected chi connectivity index (χ2v) is 8.56. The van der Waals surface area contributed by atoms with Crippen LogP contribution in [-0.4, -0.2) is 21.2 Å². The molecule has 1 aromatic heterocycles. The highest BCUT2D eigenvalue weighted by atomic mass is 16.7. The summed E-state index contributed by atoms with van der Waals surface area (Å²) in [5.74, 6) is -0.722. The van der Waals surface area contributed by atoms with Crippen molar-refractivity contribution in [3.8, 4) is 5.69 Å². The molecule has 2 aromatic carbocycles. The van der Waals surface area contributed by atoms with Crippen molar-refractivity contribution in [1.29, 1.82) is 0 Å². The molecule has 0 aliphatic heterocycles. The first-order valence-electron chi connectivity index (χ1n) is 10.0. The topological polar surface area (TPSA) is 86.7 Å². The van der Waals surface area contributed by atoms with Crippen LogP contribution >= 0.6 is 0 Å². The molecule has 7 nitrogen and oxygen atoms in total. The lowest BCUT2D eigenvalue weighted by Crippen LogP contribution is -2.28. The molecule has 31 heavy (non-hydrogen) atoms. The fourth-order valence-electron chi connectivity index (χ4n) is 4.09. The molecule has 0 saturated heterocycles. The van der Waals surface area contributed by atoms with Crippen molar-refractivity contribution in [3.05, 3.63) is 93.3 Å². The summed E-state index contributed by atoms with van der Waals surface area (Å²) in [7, 11) is 0. The highest BCUT2D eigenvalue weighted by Gasteiger charge is 2.33. The number of para-hydroxylation sites is 1. The number of oxime groups is 1. The van der Waals surface area contributed by atoms with Crippen molar-refractivity contribution in [2.45, 2.75) is 33.6 Å². The van der Waals surface area contributed by atoms with Crippen LogP contribution < -0.4 is 0 Å². The summed E-state index contributed by atoms with van der Waals surface area (Å²) in [6.45, 7) is 6.36. The standard InChI is InChI=1S/C24H23N3O4/c1-16-12-20-21(25-31-23(28)17-8-7-11-19(13-17)27(29)30)14-24(2,3)15-22(20)26(16)18-9-5-4-6-10-18/h4-13H,14-15H2,1-3H3/b25-21+. The predicted molar refractivity (Wildman–Crippen MR) is 118 cm³/mol. The quantitative estimate of drug-likeness (QED) is 0.330. The van der Waals surface area contributed by atoms with Gasteiger partial charge in [0.2, 0.25) is 0 Å². The van der Waals surface area contributed by atoms with Gasteiger partial charge in [-0.2, -0.15) is 0 Å². The zero-order valence-electron chi connectivity index (χ0n) is 17.7. The van der Waals surface area contributed by atoms with Gasteiger partial charge in [-0.25, -0.2) is 4.79 Å². The molecule has 7 heteroatoms. The number of carbonyl (C=O) groups is 1. The van der Waals surface area contributed by atoms with Crippen LogP contribution in [0.4, 0.5) is 5.69 Å². The third-order valence-electron chi connectivity index (χ3n) is 5.44. The molecule has 0 bridgehead atoms. The molecule has 0 amide bonds. The highest BCUT2D eigenvalue weighted by molar-refractivity contribution is 6.03. The van der Waals surface area contributed by atoms with Gasteiger partial charge in [0, 0.05) is 34.8 Å². The van der Waals surface area contributed by atoms with E-state index in [-0.39, 0.29) is 16.7 Å². The molecule has 0 spiro atoms. The molecule has 0 atom stereocenters. The maximum atomic E-state index is 12.5. The average Bonchev–Trinajstić information content (AvgIpc) is 3.07. The van der Waals surface area contributed by atoms with Gasteiger partial charge in [-0.15, -0.1) is 0 Å². The van der Waals surface area contributed by atoms with Crippen LogP contribution in [0.2, 0.25) is 0 Å². The molecule has 0 fully saturated rings. The minimum atomic E-state index is -0.722. The number of nitro groups is 1. The Hall–Kier alpha value is -3.74. The first-order chi connectivity index (χ1) is 14.7. The van der Waals surface area contributed by atoms with E-state index in [1.807, 2.05) is 25.1 Å². The monoisotopic (exact) mass is 417 g/mol. The van der Waals surface area contributed by atoms with Crippen LogP contribution in [0.5, 0.6) is 0 Å². The van der Waals surface area contributed by atoms with Gasteiger partial charge in [-0.05, 0) is 49.4 Å². The van der Waals surface area contributed by atoms with Gasteiger partial charge in [0.1, 0.15) is 0 Å². The maximum Gasteiger partial charge on any atom is 0.365 e.